The Morgan fingerprint density at radius 1 is 1.25 bits per heavy atom. The number of nitrogens with zero attached hydrogens (tertiary/aromatic N) is 3. The number of fused-ring (bicyclic) bond motifs is 1. The van der Waals surface area contributed by atoms with Crippen molar-refractivity contribution in [2.24, 2.45) is 5.10 Å². The van der Waals surface area contributed by atoms with Crippen molar-refractivity contribution in [1.29, 1.82) is 0 Å². The van der Waals surface area contributed by atoms with Gasteiger partial charge in [0.15, 0.2) is 17.6 Å². The molecular formula is C23H24BrN3O5. The van der Waals surface area contributed by atoms with E-state index < -0.39 is 12.1 Å². The molecule has 0 fully saturated rings. The second-order valence-corrected chi connectivity index (χ2v) is 7.95. The second-order valence-electron chi connectivity index (χ2n) is 7.04. The number of ether oxygens (including phenoxy) is 2. The molecule has 2 aromatic carbocycles. The van der Waals surface area contributed by atoms with Crippen molar-refractivity contribution in [2.75, 3.05) is 6.61 Å². The smallest absolute Gasteiger partial charge is 0.344 e. The summed E-state index contributed by atoms with van der Waals surface area (Å²) >= 11 is 3.39. The van der Waals surface area contributed by atoms with Crippen LogP contribution in [0.2, 0.25) is 0 Å². The molecule has 3 rings (SSSR count). The van der Waals surface area contributed by atoms with Crippen LogP contribution in [0, 0.1) is 0 Å². The summed E-state index contributed by atoms with van der Waals surface area (Å²) < 4.78 is 13.2. The first-order valence-corrected chi connectivity index (χ1v) is 11.0. The van der Waals surface area contributed by atoms with E-state index in [2.05, 4.69) is 26.0 Å². The first kappa shape index (κ1) is 23.5. The van der Waals surface area contributed by atoms with E-state index in [1.807, 2.05) is 19.9 Å². The van der Waals surface area contributed by atoms with Crippen LogP contribution in [0.1, 0.15) is 38.6 Å². The lowest BCUT2D eigenvalue weighted by Gasteiger charge is -2.15. The van der Waals surface area contributed by atoms with Crippen molar-refractivity contribution < 1.29 is 19.4 Å². The van der Waals surface area contributed by atoms with Gasteiger partial charge in [-0.05, 0) is 62.2 Å². The van der Waals surface area contributed by atoms with Gasteiger partial charge in [0.2, 0.25) is 0 Å². The Morgan fingerprint density at radius 3 is 2.72 bits per heavy atom. The molecular weight excluding hydrogens is 478 g/mol. The molecule has 3 aromatic rings. The fraction of sp³-hybridized carbons (Fsp3) is 0.304. The summed E-state index contributed by atoms with van der Waals surface area (Å²) in [5.41, 5.74) is 1.03. The molecule has 0 spiro atoms. The van der Waals surface area contributed by atoms with Crippen molar-refractivity contribution in [3.8, 4) is 11.5 Å². The molecule has 0 aliphatic carbocycles. The molecule has 0 bridgehead atoms. The molecule has 32 heavy (non-hydrogen) atoms. The van der Waals surface area contributed by atoms with Crippen LogP contribution in [0.25, 0.3) is 10.9 Å². The number of benzene rings is 2. The highest BCUT2D eigenvalue weighted by molar-refractivity contribution is 9.10. The van der Waals surface area contributed by atoms with Gasteiger partial charge in [-0.1, -0.05) is 22.9 Å². The highest BCUT2D eigenvalue weighted by atomic mass is 79.9. The third-order valence-corrected chi connectivity index (χ3v) is 5.08. The Morgan fingerprint density at radius 2 is 2.03 bits per heavy atom. The van der Waals surface area contributed by atoms with Gasteiger partial charge in [-0.25, -0.2) is 9.78 Å². The lowest BCUT2D eigenvalue weighted by molar-refractivity contribution is -0.144. The molecule has 0 radical (unpaired) electrons. The number of halogens is 1. The summed E-state index contributed by atoms with van der Waals surface area (Å²) in [5, 5.41) is 14.0. The normalized spacial score (nSPS) is 12.2. The quantitative estimate of drug-likeness (QED) is 0.439. The average Bonchev–Trinajstić information content (AvgIpc) is 2.76. The van der Waals surface area contributed by atoms with E-state index in [1.54, 1.807) is 36.5 Å². The third kappa shape index (κ3) is 5.34. The highest BCUT2D eigenvalue weighted by Crippen LogP contribution is 2.29. The number of aliphatic carboxylic acids is 1. The molecule has 1 atom stereocenters. The fourth-order valence-corrected chi connectivity index (χ4v) is 3.40. The summed E-state index contributed by atoms with van der Waals surface area (Å²) in [6, 6.07) is 10.4. The van der Waals surface area contributed by atoms with Crippen LogP contribution in [-0.4, -0.2) is 39.7 Å². The monoisotopic (exact) mass is 501 g/mol. The lowest BCUT2D eigenvalue weighted by Crippen LogP contribution is -2.23. The first-order valence-electron chi connectivity index (χ1n) is 10.3. The standard InChI is InChI=1S/C23H24BrN3O5/c1-4-6-21-26-18-9-8-16(24)12-17(18)22(28)27(21)25-13-15-7-10-19(20(11-15)31-5-2)32-14(3)23(29)30/h7-14H,4-6H2,1-3H3,(H,29,30)/t14-/m1/s1. The fourth-order valence-electron chi connectivity index (χ4n) is 3.04. The predicted molar refractivity (Wildman–Crippen MR) is 126 cm³/mol. The van der Waals surface area contributed by atoms with Gasteiger partial charge in [-0.2, -0.15) is 9.78 Å². The van der Waals surface area contributed by atoms with Crippen molar-refractivity contribution in [2.45, 2.75) is 39.7 Å². The van der Waals surface area contributed by atoms with E-state index in [1.165, 1.54) is 11.6 Å². The van der Waals surface area contributed by atoms with Gasteiger partial charge in [0, 0.05) is 10.9 Å². The van der Waals surface area contributed by atoms with Crippen LogP contribution in [0.5, 0.6) is 11.5 Å². The number of aromatic nitrogens is 2. The Kier molecular flexibility index (Phi) is 7.63. The van der Waals surface area contributed by atoms with Crippen molar-refractivity contribution in [3.05, 3.63) is 62.6 Å². The van der Waals surface area contributed by atoms with Crippen LogP contribution >= 0.6 is 15.9 Å². The first-order chi connectivity index (χ1) is 15.3. The van der Waals surface area contributed by atoms with Crippen molar-refractivity contribution >= 4 is 39.0 Å². The number of hydrogen-bond donors (Lipinski definition) is 1. The van der Waals surface area contributed by atoms with E-state index >= 15 is 0 Å². The Labute approximate surface area is 193 Å². The summed E-state index contributed by atoms with van der Waals surface area (Å²) in [6.45, 7) is 5.65. The predicted octanol–water partition coefficient (Wildman–Crippen LogP) is 4.24. The van der Waals surface area contributed by atoms with Gasteiger partial charge in [-0.15, -0.1) is 0 Å². The number of aryl methyl sites for hydroxylation is 1. The average molecular weight is 502 g/mol. The minimum absolute atomic E-state index is 0.253. The third-order valence-electron chi connectivity index (χ3n) is 4.59. The minimum atomic E-state index is -1.07. The molecule has 0 amide bonds. The molecule has 1 aromatic heterocycles. The zero-order valence-corrected chi connectivity index (χ0v) is 19.6. The summed E-state index contributed by atoms with van der Waals surface area (Å²) in [4.78, 5) is 28.8. The van der Waals surface area contributed by atoms with Gasteiger partial charge in [0.25, 0.3) is 5.56 Å². The van der Waals surface area contributed by atoms with E-state index in [-0.39, 0.29) is 5.56 Å². The molecule has 9 heteroatoms. The molecule has 0 saturated heterocycles. The number of hydrogen-bond acceptors (Lipinski definition) is 6. The largest absolute Gasteiger partial charge is 0.490 e. The second kappa shape index (κ2) is 10.4. The Balaban J connectivity index is 2.01. The number of rotatable bonds is 9. The molecule has 8 nitrogen and oxygen atoms in total. The maximum atomic E-state index is 13.1. The van der Waals surface area contributed by atoms with Crippen LogP contribution in [0.3, 0.4) is 0 Å². The molecule has 0 aliphatic heterocycles. The topological polar surface area (TPSA) is 103 Å². The molecule has 0 unspecified atom stereocenters. The molecule has 1 heterocycles. The van der Waals surface area contributed by atoms with Crippen LogP contribution in [0.4, 0.5) is 0 Å². The van der Waals surface area contributed by atoms with E-state index in [9.17, 15) is 9.59 Å². The van der Waals surface area contributed by atoms with Crippen molar-refractivity contribution in [1.82, 2.24) is 9.66 Å². The van der Waals surface area contributed by atoms with Gasteiger partial charge in [0.1, 0.15) is 5.82 Å². The van der Waals surface area contributed by atoms with Crippen LogP contribution in [-0.2, 0) is 11.2 Å². The van der Waals surface area contributed by atoms with Gasteiger partial charge in [-0.3, -0.25) is 4.79 Å². The van der Waals surface area contributed by atoms with E-state index in [0.717, 1.165) is 10.9 Å². The number of carbonyl (C=O) groups is 1. The van der Waals surface area contributed by atoms with Gasteiger partial charge >= 0.3 is 5.97 Å². The van der Waals surface area contributed by atoms with Crippen LogP contribution in [0.15, 0.2) is 50.8 Å². The van der Waals surface area contributed by atoms with Gasteiger partial charge in [0.05, 0.1) is 23.7 Å². The zero-order chi connectivity index (χ0) is 23.3. The summed E-state index contributed by atoms with van der Waals surface area (Å²) in [5.74, 6) is 0.214. The van der Waals surface area contributed by atoms with Crippen LogP contribution < -0.4 is 15.0 Å². The maximum Gasteiger partial charge on any atom is 0.344 e. The molecule has 0 saturated carbocycles. The molecule has 0 aliphatic rings. The zero-order valence-electron chi connectivity index (χ0n) is 18.0. The lowest BCUT2D eigenvalue weighted by atomic mass is 10.2. The molecule has 168 valence electrons. The minimum Gasteiger partial charge on any atom is -0.490 e. The molecule has 1 N–H and O–H groups in total. The highest BCUT2D eigenvalue weighted by Gasteiger charge is 2.16. The number of carboxylic acids is 1. The maximum absolute atomic E-state index is 13.1. The van der Waals surface area contributed by atoms with E-state index in [0.29, 0.717) is 46.8 Å². The number of carboxylic acid groups (broad SMARTS) is 1. The van der Waals surface area contributed by atoms with Gasteiger partial charge < -0.3 is 14.6 Å². The summed E-state index contributed by atoms with van der Waals surface area (Å²) in [7, 11) is 0. The Bertz CT molecular complexity index is 1220. The SMILES string of the molecule is CCCc1nc2ccc(Br)cc2c(=O)n1N=Cc1ccc(O[C@H](C)C(=O)O)c(OCC)c1. The summed E-state index contributed by atoms with van der Waals surface area (Å²) in [6.07, 6.45) is 1.93. The van der Waals surface area contributed by atoms with Crippen molar-refractivity contribution in [3.63, 3.8) is 0 Å². The Hall–Kier alpha value is -3.20. The van der Waals surface area contributed by atoms with E-state index in [4.69, 9.17) is 14.6 Å².